The molecule has 1 heterocycles. The lowest BCUT2D eigenvalue weighted by molar-refractivity contribution is -0.131. The van der Waals surface area contributed by atoms with Crippen LogP contribution in [-0.2, 0) is 14.8 Å². The van der Waals surface area contributed by atoms with Crippen molar-refractivity contribution >= 4 is 15.9 Å². The van der Waals surface area contributed by atoms with E-state index >= 15 is 0 Å². The first-order chi connectivity index (χ1) is 10.8. The second kappa shape index (κ2) is 7.94. The Morgan fingerprint density at radius 2 is 1.96 bits per heavy atom. The van der Waals surface area contributed by atoms with E-state index in [0.29, 0.717) is 18.4 Å². The van der Waals surface area contributed by atoms with Crippen LogP contribution in [0.25, 0.3) is 0 Å². The second-order valence-electron chi connectivity index (χ2n) is 7.41. The molecule has 1 saturated carbocycles. The monoisotopic (exact) mass is 345 g/mol. The minimum absolute atomic E-state index is 0.0626. The molecule has 1 aliphatic heterocycles. The third kappa shape index (κ3) is 6.39. The van der Waals surface area contributed by atoms with E-state index in [2.05, 4.69) is 18.7 Å². The fourth-order valence-electron chi connectivity index (χ4n) is 3.36. The largest absolute Gasteiger partial charge is 0.341 e. The molecule has 2 aliphatic rings. The summed E-state index contributed by atoms with van der Waals surface area (Å²) in [5, 5.41) is 5.00. The third-order valence-corrected chi connectivity index (χ3v) is 5.74. The Bertz CT molecular complexity index is 503. The highest BCUT2D eigenvalue weighted by molar-refractivity contribution is 7.89. The number of rotatable bonds is 7. The number of hydrogen-bond acceptors (Lipinski definition) is 4. The van der Waals surface area contributed by atoms with Crippen molar-refractivity contribution < 1.29 is 13.2 Å². The van der Waals surface area contributed by atoms with Gasteiger partial charge in [0.1, 0.15) is 0 Å². The number of nitrogens with zero attached hydrogens (tertiary/aromatic N) is 2. The summed E-state index contributed by atoms with van der Waals surface area (Å²) in [6.45, 7) is 8.20. The first-order valence-corrected chi connectivity index (χ1v) is 10.5. The lowest BCUT2D eigenvalue weighted by atomic mass is 10.0. The zero-order chi connectivity index (χ0) is 17.0. The van der Waals surface area contributed by atoms with Crippen LogP contribution in [0.15, 0.2) is 0 Å². The van der Waals surface area contributed by atoms with Gasteiger partial charge in [-0.05, 0) is 37.5 Å². The van der Waals surface area contributed by atoms with Crippen LogP contribution in [0.4, 0.5) is 0 Å². The van der Waals surface area contributed by atoms with E-state index in [1.165, 1.54) is 12.8 Å². The summed E-state index contributed by atoms with van der Waals surface area (Å²) < 4.78 is 22.0. The Morgan fingerprint density at radius 1 is 1.26 bits per heavy atom. The molecule has 134 valence electrons. The molecule has 2 N–H and O–H groups in total. The zero-order valence-electron chi connectivity index (χ0n) is 14.4. The van der Waals surface area contributed by atoms with Crippen LogP contribution in [0.1, 0.15) is 46.0 Å². The van der Waals surface area contributed by atoms with Gasteiger partial charge in [-0.1, -0.05) is 13.8 Å². The molecular weight excluding hydrogens is 314 g/mol. The zero-order valence-corrected chi connectivity index (χ0v) is 15.2. The Hall–Kier alpha value is -0.660. The Kier molecular flexibility index (Phi) is 6.45. The molecule has 0 aromatic heterocycles. The van der Waals surface area contributed by atoms with Gasteiger partial charge < -0.3 is 4.90 Å². The average molecular weight is 346 g/mol. The SMILES string of the molecule is CC(C)[C@@H]1CN(C(=O)CCCS(N)(=O)=O)CCCN1CC1CC1. The summed E-state index contributed by atoms with van der Waals surface area (Å²) in [4.78, 5) is 16.9. The van der Waals surface area contributed by atoms with Gasteiger partial charge in [0.25, 0.3) is 0 Å². The molecule has 0 aromatic rings. The van der Waals surface area contributed by atoms with Crippen LogP contribution in [-0.4, -0.2) is 62.1 Å². The van der Waals surface area contributed by atoms with Gasteiger partial charge >= 0.3 is 0 Å². The summed E-state index contributed by atoms with van der Waals surface area (Å²) in [6, 6.07) is 0.403. The minimum Gasteiger partial charge on any atom is -0.341 e. The van der Waals surface area contributed by atoms with Crippen LogP contribution in [0, 0.1) is 11.8 Å². The molecule has 1 aliphatic carbocycles. The Labute approximate surface area is 140 Å². The number of sulfonamides is 1. The number of hydrogen-bond donors (Lipinski definition) is 1. The summed E-state index contributed by atoms with van der Waals surface area (Å²) >= 11 is 0. The summed E-state index contributed by atoms with van der Waals surface area (Å²) in [5.74, 6) is 1.31. The van der Waals surface area contributed by atoms with Gasteiger partial charge in [-0.25, -0.2) is 13.6 Å². The van der Waals surface area contributed by atoms with E-state index in [-0.39, 0.29) is 18.1 Å². The lowest BCUT2D eigenvalue weighted by Gasteiger charge is -2.34. The molecule has 2 rings (SSSR count). The van der Waals surface area contributed by atoms with E-state index in [0.717, 1.165) is 38.5 Å². The van der Waals surface area contributed by atoms with Crippen molar-refractivity contribution in [1.82, 2.24) is 9.80 Å². The molecule has 0 bridgehead atoms. The summed E-state index contributed by atoms with van der Waals surface area (Å²) in [7, 11) is -3.48. The molecule has 0 radical (unpaired) electrons. The van der Waals surface area contributed by atoms with Gasteiger partial charge in [0, 0.05) is 38.6 Å². The predicted octanol–water partition coefficient (Wildman–Crippen LogP) is 1.02. The Morgan fingerprint density at radius 3 is 2.52 bits per heavy atom. The number of amides is 1. The van der Waals surface area contributed by atoms with Crippen molar-refractivity contribution in [2.24, 2.45) is 17.0 Å². The molecule has 1 atom stereocenters. The molecule has 7 heteroatoms. The summed E-state index contributed by atoms with van der Waals surface area (Å²) in [6.07, 6.45) is 4.27. The van der Waals surface area contributed by atoms with Crippen molar-refractivity contribution in [3.05, 3.63) is 0 Å². The van der Waals surface area contributed by atoms with Crippen LogP contribution >= 0.6 is 0 Å². The quantitative estimate of drug-likeness (QED) is 0.747. The van der Waals surface area contributed by atoms with E-state index in [1.807, 2.05) is 4.90 Å². The topological polar surface area (TPSA) is 83.7 Å². The van der Waals surface area contributed by atoms with E-state index in [9.17, 15) is 13.2 Å². The minimum atomic E-state index is -3.48. The first-order valence-electron chi connectivity index (χ1n) is 8.78. The van der Waals surface area contributed by atoms with Crippen LogP contribution < -0.4 is 5.14 Å². The van der Waals surface area contributed by atoms with Crippen molar-refractivity contribution in [1.29, 1.82) is 0 Å². The fourth-order valence-corrected chi connectivity index (χ4v) is 3.91. The highest BCUT2D eigenvalue weighted by Gasteiger charge is 2.33. The first kappa shape index (κ1) is 18.7. The maximum atomic E-state index is 12.4. The van der Waals surface area contributed by atoms with Gasteiger partial charge in [-0.2, -0.15) is 0 Å². The van der Waals surface area contributed by atoms with Gasteiger partial charge in [0.05, 0.1) is 5.75 Å². The van der Waals surface area contributed by atoms with E-state index in [4.69, 9.17) is 5.14 Å². The van der Waals surface area contributed by atoms with E-state index < -0.39 is 10.0 Å². The maximum Gasteiger partial charge on any atom is 0.222 e. The highest BCUT2D eigenvalue weighted by Crippen LogP contribution is 2.31. The van der Waals surface area contributed by atoms with Gasteiger partial charge in [0.2, 0.25) is 15.9 Å². The molecule has 2 fully saturated rings. The average Bonchev–Trinajstić information content (AvgIpc) is 3.24. The Balaban J connectivity index is 1.90. The molecule has 6 nitrogen and oxygen atoms in total. The molecule has 0 unspecified atom stereocenters. The smallest absolute Gasteiger partial charge is 0.222 e. The second-order valence-corrected chi connectivity index (χ2v) is 9.15. The number of primary sulfonamides is 1. The van der Waals surface area contributed by atoms with Crippen molar-refractivity contribution in [3.63, 3.8) is 0 Å². The molecule has 0 aromatic carbocycles. The van der Waals surface area contributed by atoms with Gasteiger partial charge in [-0.15, -0.1) is 0 Å². The number of nitrogens with two attached hydrogens (primary N) is 1. The van der Waals surface area contributed by atoms with Crippen molar-refractivity contribution in [2.45, 2.75) is 52.0 Å². The normalized spacial score (nSPS) is 24.0. The van der Waals surface area contributed by atoms with Crippen molar-refractivity contribution in [2.75, 3.05) is 31.9 Å². The third-order valence-electron chi connectivity index (χ3n) is 4.88. The van der Waals surface area contributed by atoms with Crippen LogP contribution in [0.3, 0.4) is 0 Å². The van der Waals surface area contributed by atoms with Crippen molar-refractivity contribution in [3.8, 4) is 0 Å². The number of carbonyl (C=O) groups is 1. The predicted molar refractivity (Wildman–Crippen MR) is 91.3 cm³/mol. The van der Waals surface area contributed by atoms with E-state index in [1.54, 1.807) is 0 Å². The highest BCUT2D eigenvalue weighted by atomic mass is 32.2. The molecule has 1 saturated heterocycles. The summed E-state index contributed by atoms with van der Waals surface area (Å²) in [5.41, 5.74) is 0. The van der Waals surface area contributed by atoms with Crippen LogP contribution in [0.5, 0.6) is 0 Å². The lowest BCUT2D eigenvalue weighted by Crippen LogP contribution is -2.46. The fraction of sp³-hybridized carbons (Fsp3) is 0.938. The molecular formula is C16H31N3O3S. The number of carbonyl (C=O) groups excluding carboxylic acids is 1. The van der Waals surface area contributed by atoms with Gasteiger partial charge in [0.15, 0.2) is 0 Å². The van der Waals surface area contributed by atoms with Gasteiger partial charge in [-0.3, -0.25) is 9.69 Å². The molecule has 23 heavy (non-hydrogen) atoms. The maximum absolute atomic E-state index is 12.4. The standard InChI is InChI=1S/C16H31N3O3S/c1-13(2)15-12-19(16(20)5-3-10-23(17,21)22)9-4-8-18(15)11-14-6-7-14/h13-15H,3-12H2,1-2H3,(H2,17,21,22)/t15-/m0/s1. The molecule has 0 spiro atoms. The molecule has 1 amide bonds. The van der Waals surface area contributed by atoms with Crippen LogP contribution in [0.2, 0.25) is 0 Å².